The lowest BCUT2D eigenvalue weighted by Crippen LogP contribution is -2.23. The number of hydrogen-bond donors (Lipinski definition) is 2. The van der Waals surface area contributed by atoms with Gasteiger partial charge in [-0.2, -0.15) is 0 Å². The number of thiophene rings is 1. The van der Waals surface area contributed by atoms with Crippen molar-refractivity contribution in [3.05, 3.63) is 62.5 Å². The molecule has 2 aromatic heterocycles. The zero-order valence-corrected chi connectivity index (χ0v) is 13.8. The van der Waals surface area contributed by atoms with Crippen LogP contribution in [0.25, 0.3) is 10.2 Å². The number of nitrogens with one attached hydrogen (secondary N) is 2. The fourth-order valence-electron chi connectivity index (χ4n) is 2.44. The summed E-state index contributed by atoms with van der Waals surface area (Å²) in [5, 5.41) is 4.12. The van der Waals surface area contributed by atoms with E-state index >= 15 is 0 Å². The van der Waals surface area contributed by atoms with Crippen molar-refractivity contribution in [3.8, 4) is 0 Å². The molecule has 0 saturated heterocycles. The third-order valence-corrected chi connectivity index (χ3v) is 5.02. The van der Waals surface area contributed by atoms with E-state index in [4.69, 9.17) is 0 Å². The first kappa shape index (κ1) is 14.9. The maximum atomic E-state index is 12.3. The van der Waals surface area contributed by atoms with Gasteiger partial charge in [-0.05, 0) is 31.9 Å². The highest BCUT2D eigenvalue weighted by atomic mass is 32.1. The Morgan fingerprint density at radius 3 is 2.73 bits per heavy atom. The Hall–Kier alpha value is -1.98. The Morgan fingerprint density at radius 1 is 1.27 bits per heavy atom. The largest absolute Gasteiger partial charge is 0.309 e. The summed E-state index contributed by atoms with van der Waals surface area (Å²) in [4.78, 5) is 21.8. The van der Waals surface area contributed by atoms with E-state index in [1.54, 1.807) is 11.3 Å². The summed E-state index contributed by atoms with van der Waals surface area (Å²) >= 11 is 1.58. The standard InChI is InChI=1S/C17H19N3OS/c1-10-12(3)22-17-14(10)16(21)19-15(20-17)11(2)18-9-13-7-5-4-6-8-13/h4-8,11,18H,9H2,1-3H3,(H,19,20,21)/t11-/m1/s1. The van der Waals surface area contributed by atoms with Gasteiger partial charge in [0.15, 0.2) is 0 Å². The van der Waals surface area contributed by atoms with Gasteiger partial charge < -0.3 is 10.3 Å². The number of aromatic amines is 1. The lowest BCUT2D eigenvalue weighted by atomic mass is 10.2. The van der Waals surface area contributed by atoms with E-state index in [9.17, 15) is 4.79 Å². The molecule has 4 nitrogen and oxygen atoms in total. The van der Waals surface area contributed by atoms with Gasteiger partial charge in [0.05, 0.1) is 11.4 Å². The van der Waals surface area contributed by atoms with Crippen LogP contribution in [0.1, 0.15) is 34.8 Å². The molecular formula is C17H19N3OS. The highest BCUT2D eigenvalue weighted by molar-refractivity contribution is 7.18. The number of benzene rings is 1. The topological polar surface area (TPSA) is 57.8 Å². The smallest absolute Gasteiger partial charge is 0.259 e. The first-order chi connectivity index (χ1) is 10.6. The molecule has 1 aromatic carbocycles. The van der Waals surface area contributed by atoms with E-state index < -0.39 is 0 Å². The first-order valence-corrected chi connectivity index (χ1v) is 8.15. The zero-order valence-electron chi connectivity index (χ0n) is 12.9. The third kappa shape index (κ3) is 2.82. The van der Waals surface area contributed by atoms with Crippen LogP contribution in [0.4, 0.5) is 0 Å². The second-order valence-corrected chi connectivity index (χ2v) is 6.71. The predicted molar refractivity (Wildman–Crippen MR) is 91.4 cm³/mol. The summed E-state index contributed by atoms with van der Waals surface area (Å²) in [6.45, 7) is 6.76. The van der Waals surface area contributed by atoms with Crippen LogP contribution in [0, 0.1) is 13.8 Å². The monoisotopic (exact) mass is 313 g/mol. The molecule has 0 aliphatic rings. The molecule has 0 saturated carbocycles. The SMILES string of the molecule is Cc1sc2nc([C@@H](C)NCc3ccccc3)[nH]c(=O)c2c1C. The van der Waals surface area contributed by atoms with Crippen molar-refractivity contribution in [2.45, 2.75) is 33.4 Å². The van der Waals surface area contributed by atoms with E-state index in [0.717, 1.165) is 27.2 Å². The van der Waals surface area contributed by atoms with Crippen molar-refractivity contribution in [2.24, 2.45) is 0 Å². The molecule has 0 amide bonds. The number of hydrogen-bond acceptors (Lipinski definition) is 4. The van der Waals surface area contributed by atoms with Gasteiger partial charge in [-0.25, -0.2) is 4.98 Å². The van der Waals surface area contributed by atoms with Crippen molar-refractivity contribution >= 4 is 21.6 Å². The Balaban J connectivity index is 1.85. The zero-order chi connectivity index (χ0) is 15.7. The Morgan fingerprint density at radius 2 is 2.00 bits per heavy atom. The number of H-pyrrole nitrogens is 1. The molecule has 3 rings (SSSR count). The minimum absolute atomic E-state index is 0.0139. The third-order valence-electron chi connectivity index (χ3n) is 3.92. The number of fused-ring (bicyclic) bond motifs is 1. The van der Waals surface area contributed by atoms with Crippen molar-refractivity contribution in [3.63, 3.8) is 0 Å². The predicted octanol–water partition coefficient (Wildman–Crippen LogP) is 3.45. The van der Waals surface area contributed by atoms with E-state index in [1.165, 1.54) is 5.56 Å². The molecule has 0 radical (unpaired) electrons. The lowest BCUT2D eigenvalue weighted by Gasteiger charge is -2.13. The molecule has 22 heavy (non-hydrogen) atoms. The molecule has 3 aromatic rings. The summed E-state index contributed by atoms with van der Waals surface area (Å²) in [6.07, 6.45) is 0. The van der Waals surface area contributed by atoms with Crippen molar-refractivity contribution in [1.82, 2.24) is 15.3 Å². The van der Waals surface area contributed by atoms with Crippen LogP contribution in [-0.2, 0) is 6.54 Å². The molecule has 1 atom stereocenters. The highest BCUT2D eigenvalue weighted by Gasteiger charge is 2.14. The van der Waals surface area contributed by atoms with Gasteiger partial charge in [0, 0.05) is 11.4 Å². The molecule has 0 fully saturated rings. The van der Waals surface area contributed by atoms with Crippen molar-refractivity contribution in [1.29, 1.82) is 0 Å². The van der Waals surface area contributed by atoms with Crippen LogP contribution >= 0.6 is 11.3 Å². The second-order valence-electron chi connectivity index (χ2n) is 5.50. The van der Waals surface area contributed by atoms with Crippen molar-refractivity contribution < 1.29 is 0 Å². The Kier molecular flexibility index (Phi) is 4.09. The van der Waals surface area contributed by atoms with Crippen LogP contribution in [0.15, 0.2) is 35.1 Å². The Bertz CT molecular complexity index is 851. The molecule has 114 valence electrons. The van der Waals surface area contributed by atoms with Crippen molar-refractivity contribution in [2.75, 3.05) is 0 Å². The Labute approximate surface area is 133 Å². The van der Waals surface area contributed by atoms with E-state index in [0.29, 0.717) is 5.82 Å². The molecule has 0 aliphatic heterocycles. The highest BCUT2D eigenvalue weighted by Crippen LogP contribution is 2.26. The summed E-state index contributed by atoms with van der Waals surface area (Å²) in [5.74, 6) is 0.690. The van der Waals surface area contributed by atoms with Gasteiger partial charge in [0.2, 0.25) is 0 Å². The molecule has 0 aliphatic carbocycles. The molecule has 0 unspecified atom stereocenters. The molecular weight excluding hydrogens is 294 g/mol. The van der Waals surface area contributed by atoms with Crippen LogP contribution in [0.5, 0.6) is 0 Å². The fraction of sp³-hybridized carbons (Fsp3) is 0.294. The average Bonchev–Trinajstić information content (AvgIpc) is 2.81. The normalized spacial score (nSPS) is 12.7. The van der Waals surface area contributed by atoms with Crippen LogP contribution in [-0.4, -0.2) is 9.97 Å². The number of aryl methyl sites for hydroxylation is 2. The van der Waals surface area contributed by atoms with E-state index in [1.807, 2.05) is 39.0 Å². The number of rotatable bonds is 4. The fourth-order valence-corrected chi connectivity index (χ4v) is 3.48. The minimum Gasteiger partial charge on any atom is -0.309 e. The molecule has 2 heterocycles. The van der Waals surface area contributed by atoms with Gasteiger partial charge >= 0.3 is 0 Å². The quantitative estimate of drug-likeness (QED) is 0.775. The number of nitrogens with zero attached hydrogens (tertiary/aromatic N) is 1. The van der Waals surface area contributed by atoms with Gasteiger partial charge in [-0.1, -0.05) is 30.3 Å². The van der Waals surface area contributed by atoms with Gasteiger partial charge in [-0.15, -0.1) is 11.3 Å². The first-order valence-electron chi connectivity index (χ1n) is 7.33. The van der Waals surface area contributed by atoms with Gasteiger partial charge in [-0.3, -0.25) is 4.79 Å². The molecule has 2 N–H and O–H groups in total. The lowest BCUT2D eigenvalue weighted by molar-refractivity contribution is 0.547. The van der Waals surface area contributed by atoms with Gasteiger partial charge in [0.25, 0.3) is 5.56 Å². The second kappa shape index (κ2) is 6.02. The van der Waals surface area contributed by atoms with E-state index in [2.05, 4.69) is 27.4 Å². The maximum absolute atomic E-state index is 12.3. The molecule has 0 spiro atoms. The molecule has 5 heteroatoms. The summed E-state index contributed by atoms with van der Waals surface area (Å²) in [5.41, 5.74) is 2.20. The average molecular weight is 313 g/mol. The van der Waals surface area contributed by atoms with Gasteiger partial charge in [0.1, 0.15) is 10.7 Å². The van der Waals surface area contributed by atoms with E-state index in [-0.39, 0.29) is 11.6 Å². The van der Waals surface area contributed by atoms with Crippen LogP contribution < -0.4 is 10.9 Å². The summed E-state index contributed by atoms with van der Waals surface area (Å²) < 4.78 is 0. The van der Waals surface area contributed by atoms with Crippen LogP contribution in [0.2, 0.25) is 0 Å². The summed E-state index contributed by atoms with van der Waals surface area (Å²) in [6, 6.07) is 10.2. The number of aromatic nitrogens is 2. The van der Waals surface area contributed by atoms with Crippen LogP contribution in [0.3, 0.4) is 0 Å². The summed E-state index contributed by atoms with van der Waals surface area (Å²) in [7, 11) is 0. The molecule has 0 bridgehead atoms. The maximum Gasteiger partial charge on any atom is 0.259 e. The minimum atomic E-state index is -0.0461.